The summed E-state index contributed by atoms with van der Waals surface area (Å²) in [6.45, 7) is 0. The number of aromatic nitrogens is 1. The molecule has 0 bridgehead atoms. The molecule has 0 saturated heterocycles. The monoisotopic (exact) mass is 320 g/mol. The smallest absolute Gasteiger partial charge is 0.268 e. The first-order chi connectivity index (χ1) is 9.09. The summed E-state index contributed by atoms with van der Waals surface area (Å²) in [4.78, 5) is 29.2. The molecular weight excluding hydrogens is 315 g/mol. The number of hydrogen-bond donors (Lipinski definition) is 0. The molecule has 4 nitrogen and oxygen atoms in total. The van der Waals surface area contributed by atoms with E-state index in [1.165, 1.54) is 24.4 Å². The van der Waals surface area contributed by atoms with E-state index in [1.54, 1.807) is 12.1 Å². The molecule has 2 aromatic rings. The number of halogens is 2. The summed E-state index contributed by atoms with van der Waals surface area (Å²) >= 11 is 3.03. The van der Waals surface area contributed by atoms with Gasteiger partial charge in [-0.1, -0.05) is 0 Å². The van der Waals surface area contributed by atoms with E-state index in [4.69, 9.17) is 0 Å². The number of carbonyl (C=O) groups excluding carboxylic acids is 2. The number of amides is 2. The van der Waals surface area contributed by atoms with E-state index in [2.05, 4.69) is 20.9 Å². The molecule has 0 atom stereocenters. The molecule has 0 saturated carbocycles. The number of hydrogen-bond acceptors (Lipinski definition) is 3. The summed E-state index contributed by atoms with van der Waals surface area (Å²) < 4.78 is 13.4. The van der Waals surface area contributed by atoms with Crippen LogP contribution < -0.4 is 4.90 Å². The average Bonchev–Trinajstić information content (AvgIpc) is 2.66. The maximum atomic E-state index is 13.2. The van der Waals surface area contributed by atoms with Gasteiger partial charge in [0.05, 0.1) is 15.7 Å². The molecule has 3 rings (SSSR count). The van der Waals surface area contributed by atoms with Crippen molar-refractivity contribution >= 4 is 33.4 Å². The van der Waals surface area contributed by atoms with Crippen molar-refractivity contribution in [3.8, 4) is 0 Å². The Balaban J connectivity index is 2.11. The van der Waals surface area contributed by atoms with Gasteiger partial charge >= 0.3 is 0 Å². The summed E-state index contributed by atoms with van der Waals surface area (Å²) in [6, 6.07) is 7.09. The summed E-state index contributed by atoms with van der Waals surface area (Å²) in [5, 5.41) is 0. The number of imide groups is 1. The van der Waals surface area contributed by atoms with Gasteiger partial charge in [0.25, 0.3) is 11.8 Å². The summed E-state index contributed by atoms with van der Waals surface area (Å²) in [5.41, 5.74) is 0.683. The van der Waals surface area contributed by atoms with Crippen molar-refractivity contribution < 1.29 is 14.0 Å². The van der Waals surface area contributed by atoms with Crippen LogP contribution in [0.5, 0.6) is 0 Å². The number of pyridine rings is 1. The first-order valence-electron chi connectivity index (χ1n) is 5.38. The predicted octanol–water partition coefficient (Wildman–Crippen LogP) is 2.78. The maximum Gasteiger partial charge on any atom is 0.284 e. The fourth-order valence-corrected chi connectivity index (χ4v) is 2.29. The van der Waals surface area contributed by atoms with Crippen LogP contribution in [0.4, 0.5) is 10.1 Å². The molecule has 0 fully saturated rings. The lowest BCUT2D eigenvalue weighted by Crippen LogP contribution is -2.29. The van der Waals surface area contributed by atoms with Gasteiger partial charge in [0.15, 0.2) is 0 Å². The SMILES string of the molecule is O=C1c2cccnc2C(=O)N1c1ccc(F)c(Br)c1. The molecule has 2 amide bonds. The third kappa shape index (κ3) is 1.76. The van der Waals surface area contributed by atoms with Crippen molar-refractivity contribution in [1.82, 2.24) is 4.98 Å². The Kier molecular flexibility index (Phi) is 2.67. The highest BCUT2D eigenvalue weighted by Gasteiger charge is 2.37. The number of nitrogens with zero attached hydrogens (tertiary/aromatic N) is 2. The van der Waals surface area contributed by atoms with Crippen molar-refractivity contribution in [1.29, 1.82) is 0 Å². The Labute approximate surface area is 116 Å². The Bertz CT molecular complexity index is 683. The van der Waals surface area contributed by atoms with E-state index in [0.29, 0.717) is 5.69 Å². The van der Waals surface area contributed by atoms with Gasteiger partial charge in [-0.15, -0.1) is 0 Å². The Morgan fingerprint density at radius 1 is 1.16 bits per heavy atom. The normalized spacial score (nSPS) is 13.9. The zero-order valence-electron chi connectivity index (χ0n) is 9.43. The minimum absolute atomic E-state index is 0.118. The quantitative estimate of drug-likeness (QED) is 0.759. The second-order valence-corrected chi connectivity index (χ2v) is 4.80. The van der Waals surface area contributed by atoms with Crippen molar-refractivity contribution in [2.45, 2.75) is 0 Å². The van der Waals surface area contributed by atoms with E-state index >= 15 is 0 Å². The third-order valence-corrected chi connectivity index (χ3v) is 3.42. The maximum absolute atomic E-state index is 13.2. The van der Waals surface area contributed by atoms with Crippen LogP contribution in [0.25, 0.3) is 0 Å². The molecule has 2 heterocycles. The van der Waals surface area contributed by atoms with E-state index < -0.39 is 17.6 Å². The van der Waals surface area contributed by atoms with Gasteiger partial charge < -0.3 is 0 Å². The Morgan fingerprint density at radius 2 is 1.95 bits per heavy atom. The molecule has 94 valence electrons. The lowest BCUT2D eigenvalue weighted by molar-refractivity contribution is 0.0924. The zero-order valence-corrected chi connectivity index (χ0v) is 11.0. The molecule has 1 aromatic heterocycles. The summed E-state index contributed by atoms with van der Waals surface area (Å²) in [6.07, 6.45) is 1.45. The number of benzene rings is 1. The fraction of sp³-hybridized carbons (Fsp3) is 0. The summed E-state index contributed by atoms with van der Waals surface area (Å²) in [5.74, 6) is -1.41. The first-order valence-corrected chi connectivity index (χ1v) is 6.18. The van der Waals surface area contributed by atoms with Gasteiger partial charge in [-0.2, -0.15) is 0 Å². The van der Waals surface area contributed by atoms with Crippen LogP contribution in [0.2, 0.25) is 0 Å². The lowest BCUT2D eigenvalue weighted by atomic mass is 10.2. The topological polar surface area (TPSA) is 50.3 Å². The predicted molar refractivity (Wildman–Crippen MR) is 69.5 cm³/mol. The van der Waals surface area contributed by atoms with Crippen molar-refractivity contribution in [2.24, 2.45) is 0 Å². The minimum Gasteiger partial charge on any atom is -0.268 e. The van der Waals surface area contributed by atoms with Crippen molar-refractivity contribution in [3.05, 3.63) is 58.1 Å². The molecule has 0 unspecified atom stereocenters. The molecule has 1 aliphatic heterocycles. The van der Waals surface area contributed by atoms with Crippen LogP contribution in [-0.2, 0) is 0 Å². The molecule has 0 radical (unpaired) electrons. The van der Waals surface area contributed by atoms with E-state index in [0.717, 1.165) is 4.90 Å². The highest BCUT2D eigenvalue weighted by atomic mass is 79.9. The van der Waals surface area contributed by atoms with Gasteiger partial charge in [0.1, 0.15) is 11.5 Å². The average molecular weight is 321 g/mol. The van der Waals surface area contributed by atoms with Gasteiger partial charge in [0.2, 0.25) is 0 Å². The fourth-order valence-electron chi connectivity index (χ4n) is 1.93. The van der Waals surface area contributed by atoms with Crippen LogP contribution in [0.3, 0.4) is 0 Å². The highest BCUT2D eigenvalue weighted by Crippen LogP contribution is 2.29. The second-order valence-electron chi connectivity index (χ2n) is 3.94. The van der Waals surface area contributed by atoms with Crippen LogP contribution in [0, 0.1) is 5.82 Å². The van der Waals surface area contributed by atoms with Gasteiger partial charge in [-0.3, -0.25) is 14.6 Å². The first kappa shape index (κ1) is 12.0. The molecule has 6 heteroatoms. The van der Waals surface area contributed by atoms with Gasteiger partial charge in [-0.05, 0) is 46.3 Å². The van der Waals surface area contributed by atoms with E-state index in [9.17, 15) is 14.0 Å². The minimum atomic E-state index is -0.501. The molecular formula is C13H6BrFN2O2. The zero-order chi connectivity index (χ0) is 13.6. The molecule has 0 N–H and O–H groups in total. The Hall–Kier alpha value is -2.08. The van der Waals surface area contributed by atoms with Gasteiger partial charge in [-0.25, -0.2) is 9.29 Å². The molecule has 0 aliphatic carbocycles. The molecule has 0 spiro atoms. The third-order valence-electron chi connectivity index (χ3n) is 2.81. The molecule has 1 aromatic carbocycles. The molecule has 1 aliphatic rings. The Morgan fingerprint density at radius 3 is 2.63 bits per heavy atom. The number of fused-ring (bicyclic) bond motifs is 1. The number of rotatable bonds is 1. The van der Waals surface area contributed by atoms with Crippen molar-refractivity contribution in [3.63, 3.8) is 0 Å². The molecule has 19 heavy (non-hydrogen) atoms. The highest BCUT2D eigenvalue weighted by molar-refractivity contribution is 9.10. The summed E-state index contributed by atoms with van der Waals surface area (Å²) in [7, 11) is 0. The number of anilines is 1. The second kappa shape index (κ2) is 4.24. The van der Waals surface area contributed by atoms with E-state index in [-0.39, 0.29) is 15.7 Å². The lowest BCUT2D eigenvalue weighted by Gasteiger charge is -2.13. The van der Waals surface area contributed by atoms with Gasteiger partial charge in [0, 0.05) is 6.20 Å². The van der Waals surface area contributed by atoms with Crippen LogP contribution in [0.15, 0.2) is 41.0 Å². The van der Waals surface area contributed by atoms with E-state index in [1.807, 2.05) is 0 Å². The number of carbonyl (C=O) groups is 2. The standard InChI is InChI=1S/C13H6BrFN2O2/c14-9-6-7(3-4-10(9)15)17-12(18)8-2-1-5-16-11(8)13(17)19/h1-6H. The van der Waals surface area contributed by atoms with Crippen LogP contribution >= 0.6 is 15.9 Å². The van der Waals surface area contributed by atoms with Crippen LogP contribution in [0.1, 0.15) is 20.8 Å². The van der Waals surface area contributed by atoms with Crippen LogP contribution in [-0.4, -0.2) is 16.8 Å². The van der Waals surface area contributed by atoms with Crippen molar-refractivity contribution in [2.75, 3.05) is 4.90 Å². The largest absolute Gasteiger partial charge is 0.284 e.